The van der Waals surface area contributed by atoms with Crippen LogP contribution in [-0.2, 0) is 10.0 Å². The molecule has 0 unspecified atom stereocenters. The van der Waals surface area contributed by atoms with Gasteiger partial charge in [0.15, 0.2) is 0 Å². The third kappa shape index (κ3) is 2.55. The monoisotopic (exact) mass is 266 g/mol. The Bertz CT molecular complexity index is 699. The molecule has 2 rings (SSSR count). The number of aromatic nitrogens is 1. The fourth-order valence-electron chi connectivity index (χ4n) is 1.63. The highest BCUT2D eigenvalue weighted by atomic mass is 32.2. The van der Waals surface area contributed by atoms with Crippen LogP contribution in [0.5, 0.6) is 0 Å². The number of benzene rings is 1. The molecule has 0 amide bonds. The van der Waals surface area contributed by atoms with Crippen LogP contribution in [0.3, 0.4) is 0 Å². The number of nitrogens with two attached hydrogens (primary N) is 1. The lowest BCUT2D eigenvalue weighted by Gasteiger charge is -2.08. The zero-order valence-corrected chi connectivity index (χ0v) is 10.4. The highest BCUT2D eigenvalue weighted by molar-refractivity contribution is 7.89. The number of sulfonamides is 1. The van der Waals surface area contributed by atoms with E-state index in [9.17, 15) is 12.8 Å². The van der Waals surface area contributed by atoms with E-state index >= 15 is 0 Å². The van der Waals surface area contributed by atoms with E-state index in [4.69, 9.17) is 5.14 Å². The highest BCUT2D eigenvalue weighted by Crippen LogP contribution is 2.26. The van der Waals surface area contributed by atoms with Gasteiger partial charge in [-0.3, -0.25) is 0 Å². The Balaban J connectivity index is 2.72. The first-order valence-corrected chi connectivity index (χ1v) is 6.69. The van der Waals surface area contributed by atoms with Crippen LogP contribution < -0.4 is 5.14 Å². The number of nitrogens with zero attached hydrogens (tertiary/aromatic N) is 1. The summed E-state index contributed by atoms with van der Waals surface area (Å²) in [6.07, 6.45) is 0. The lowest BCUT2D eigenvalue weighted by molar-refractivity contribution is 0.584. The third-order valence-corrected chi connectivity index (χ3v) is 3.39. The zero-order valence-electron chi connectivity index (χ0n) is 9.59. The summed E-state index contributed by atoms with van der Waals surface area (Å²) in [5.41, 5.74) is 1.28. The Morgan fingerprint density at radius 3 is 2.56 bits per heavy atom. The molecule has 0 bridgehead atoms. The predicted octanol–water partition coefficient (Wildman–Crippen LogP) is 1.84. The summed E-state index contributed by atoms with van der Waals surface area (Å²) in [7, 11) is -3.88. The maximum Gasteiger partial charge on any atom is 0.238 e. The fourth-order valence-corrected chi connectivity index (χ4v) is 2.46. The molecule has 0 saturated carbocycles. The van der Waals surface area contributed by atoms with Crippen molar-refractivity contribution in [3.63, 3.8) is 0 Å². The van der Waals surface area contributed by atoms with Gasteiger partial charge in [0.25, 0.3) is 0 Å². The number of aryl methyl sites for hydroxylation is 1. The number of pyridine rings is 1. The SMILES string of the molecule is Cc1ccc(-c2cccc(F)n2)c(S(N)(=O)=O)c1. The average Bonchev–Trinajstić information content (AvgIpc) is 2.27. The summed E-state index contributed by atoms with van der Waals surface area (Å²) in [6, 6.07) is 8.91. The first-order chi connectivity index (χ1) is 8.38. The van der Waals surface area contributed by atoms with E-state index in [2.05, 4.69) is 4.98 Å². The maximum atomic E-state index is 13.1. The molecule has 94 valence electrons. The number of rotatable bonds is 2. The van der Waals surface area contributed by atoms with Crippen molar-refractivity contribution in [3.8, 4) is 11.3 Å². The van der Waals surface area contributed by atoms with E-state index in [-0.39, 0.29) is 10.6 Å². The summed E-state index contributed by atoms with van der Waals surface area (Å²) in [4.78, 5) is 3.61. The number of halogens is 1. The predicted molar refractivity (Wildman–Crippen MR) is 65.7 cm³/mol. The molecule has 2 aromatic rings. The normalized spacial score (nSPS) is 11.5. The van der Waals surface area contributed by atoms with Crippen LogP contribution in [0.25, 0.3) is 11.3 Å². The maximum absolute atomic E-state index is 13.1. The van der Waals surface area contributed by atoms with Crippen LogP contribution in [0, 0.1) is 12.9 Å². The third-order valence-electron chi connectivity index (χ3n) is 2.43. The molecule has 1 aromatic carbocycles. The quantitative estimate of drug-likeness (QED) is 0.843. The molecule has 0 atom stereocenters. The summed E-state index contributed by atoms with van der Waals surface area (Å²) >= 11 is 0. The smallest absolute Gasteiger partial charge is 0.225 e. The van der Waals surface area contributed by atoms with E-state index in [1.807, 2.05) is 0 Å². The lowest BCUT2D eigenvalue weighted by atomic mass is 10.1. The number of hydrogen-bond acceptors (Lipinski definition) is 3. The van der Waals surface area contributed by atoms with Gasteiger partial charge in [0.05, 0.1) is 10.6 Å². The minimum absolute atomic E-state index is 0.0550. The lowest BCUT2D eigenvalue weighted by Crippen LogP contribution is -2.14. The summed E-state index contributed by atoms with van der Waals surface area (Å²) in [5.74, 6) is -0.673. The Hall–Kier alpha value is -1.79. The minimum Gasteiger partial charge on any atom is -0.225 e. The molecule has 0 aliphatic carbocycles. The average molecular weight is 266 g/mol. The van der Waals surface area contributed by atoms with E-state index in [1.54, 1.807) is 19.1 Å². The van der Waals surface area contributed by atoms with E-state index in [0.717, 1.165) is 5.56 Å². The summed E-state index contributed by atoms with van der Waals surface area (Å²) in [5, 5.41) is 5.15. The van der Waals surface area contributed by atoms with Gasteiger partial charge in [-0.25, -0.2) is 18.5 Å². The second-order valence-corrected chi connectivity index (χ2v) is 5.42. The van der Waals surface area contributed by atoms with Crippen LogP contribution in [-0.4, -0.2) is 13.4 Å². The Kier molecular flexibility index (Phi) is 3.14. The van der Waals surface area contributed by atoms with Gasteiger partial charge in [0, 0.05) is 5.56 Å². The molecule has 4 nitrogen and oxygen atoms in total. The van der Waals surface area contributed by atoms with Crippen molar-refractivity contribution >= 4 is 10.0 Å². The van der Waals surface area contributed by atoms with Crippen molar-refractivity contribution in [3.05, 3.63) is 47.9 Å². The molecule has 6 heteroatoms. The minimum atomic E-state index is -3.88. The molecular formula is C12H11FN2O2S. The van der Waals surface area contributed by atoms with Gasteiger partial charge in [0.2, 0.25) is 16.0 Å². The molecule has 0 saturated heterocycles. The molecule has 2 N–H and O–H groups in total. The first kappa shape index (κ1) is 12.7. The van der Waals surface area contributed by atoms with Gasteiger partial charge in [-0.05, 0) is 30.7 Å². The van der Waals surface area contributed by atoms with E-state index in [1.165, 1.54) is 24.3 Å². The van der Waals surface area contributed by atoms with Gasteiger partial charge in [-0.2, -0.15) is 4.39 Å². The Labute approximate surface area is 104 Å². The van der Waals surface area contributed by atoms with Crippen molar-refractivity contribution in [1.82, 2.24) is 4.98 Å². The van der Waals surface area contributed by atoms with Crippen molar-refractivity contribution in [2.24, 2.45) is 5.14 Å². The van der Waals surface area contributed by atoms with Crippen LogP contribution >= 0.6 is 0 Å². The van der Waals surface area contributed by atoms with Crippen LogP contribution in [0.15, 0.2) is 41.3 Å². The molecule has 0 radical (unpaired) electrons. The van der Waals surface area contributed by atoms with E-state index in [0.29, 0.717) is 5.56 Å². The molecule has 0 spiro atoms. The van der Waals surface area contributed by atoms with Crippen LogP contribution in [0.2, 0.25) is 0 Å². The summed E-state index contributed by atoms with van der Waals surface area (Å²) in [6.45, 7) is 1.75. The molecule has 18 heavy (non-hydrogen) atoms. The molecule has 0 aliphatic rings. The molecule has 1 heterocycles. The first-order valence-electron chi connectivity index (χ1n) is 5.14. The van der Waals surface area contributed by atoms with Crippen LogP contribution in [0.4, 0.5) is 4.39 Å². The molecule has 0 fully saturated rings. The second-order valence-electron chi connectivity index (χ2n) is 3.89. The molecule has 0 aliphatic heterocycles. The Morgan fingerprint density at radius 1 is 1.22 bits per heavy atom. The fraction of sp³-hybridized carbons (Fsp3) is 0.0833. The van der Waals surface area contributed by atoms with Gasteiger partial charge in [0.1, 0.15) is 0 Å². The van der Waals surface area contributed by atoms with Gasteiger partial charge >= 0.3 is 0 Å². The van der Waals surface area contributed by atoms with Crippen molar-refractivity contribution in [2.45, 2.75) is 11.8 Å². The second kappa shape index (κ2) is 4.47. The topological polar surface area (TPSA) is 73.0 Å². The van der Waals surface area contributed by atoms with Gasteiger partial charge in [-0.1, -0.05) is 18.2 Å². The molecule has 1 aromatic heterocycles. The van der Waals surface area contributed by atoms with Crippen molar-refractivity contribution in [2.75, 3.05) is 0 Å². The van der Waals surface area contributed by atoms with Gasteiger partial charge < -0.3 is 0 Å². The largest absolute Gasteiger partial charge is 0.238 e. The van der Waals surface area contributed by atoms with E-state index < -0.39 is 16.0 Å². The highest BCUT2D eigenvalue weighted by Gasteiger charge is 2.16. The number of hydrogen-bond donors (Lipinski definition) is 1. The standard InChI is InChI=1S/C12H11FN2O2S/c1-8-5-6-9(11(7-8)18(14,16)17)10-3-2-4-12(13)15-10/h2-7H,1H3,(H2,14,16,17). The van der Waals surface area contributed by atoms with Gasteiger partial charge in [-0.15, -0.1) is 0 Å². The zero-order chi connectivity index (χ0) is 13.3. The number of primary sulfonamides is 1. The summed E-state index contributed by atoms with van der Waals surface area (Å²) < 4.78 is 36.1. The Morgan fingerprint density at radius 2 is 1.94 bits per heavy atom. The van der Waals surface area contributed by atoms with Crippen molar-refractivity contribution in [1.29, 1.82) is 0 Å². The van der Waals surface area contributed by atoms with Crippen molar-refractivity contribution < 1.29 is 12.8 Å². The van der Waals surface area contributed by atoms with Crippen LogP contribution in [0.1, 0.15) is 5.56 Å². The molecular weight excluding hydrogens is 255 g/mol.